The predicted octanol–water partition coefficient (Wildman–Crippen LogP) is 3.46. The van der Waals surface area contributed by atoms with Crippen molar-refractivity contribution >= 4 is 29.3 Å². The number of amides is 2. The molecule has 130 valence electrons. The molecular weight excluding hydrogens is 332 g/mol. The summed E-state index contributed by atoms with van der Waals surface area (Å²) in [6.07, 6.45) is 0.871. The number of thioether (sulfide) groups is 1. The lowest BCUT2D eigenvalue weighted by atomic mass is 9.99. The minimum absolute atomic E-state index is 0.000106. The Hall–Kier alpha value is -2.27. The summed E-state index contributed by atoms with van der Waals surface area (Å²) < 4.78 is 0. The summed E-state index contributed by atoms with van der Waals surface area (Å²) in [5, 5.41) is 2.96. The molecule has 1 N–H and O–H groups in total. The molecule has 3 rings (SSSR count). The van der Waals surface area contributed by atoms with Gasteiger partial charge >= 0.3 is 0 Å². The lowest BCUT2D eigenvalue weighted by Crippen LogP contribution is -2.34. The van der Waals surface area contributed by atoms with Gasteiger partial charge in [-0.2, -0.15) is 0 Å². The van der Waals surface area contributed by atoms with Crippen LogP contribution in [-0.2, 0) is 28.3 Å². The molecule has 0 aromatic heterocycles. The normalized spacial score (nSPS) is 13.2. The van der Waals surface area contributed by atoms with Gasteiger partial charge in [-0.25, -0.2) is 0 Å². The third-order valence-corrected chi connectivity index (χ3v) is 5.30. The average molecular weight is 354 g/mol. The van der Waals surface area contributed by atoms with Crippen LogP contribution in [0.2, 0.25) is 0 Å². The van der Waals surface area contributed by atoms with Crippen LogP contribution in [0.1, 0.15) is 23.6 Å². The highest BCUT2D eigenvalue weighted by molar-refractivity contribution is 7.99. The Labute approximate surface area is 152 Å². The van der Waals surface area contributed by atoms with Crippen molar-refractivity contribution in [2.75, 3.05) is 17.6 Å². The molecule has 0 aliphatic carbocycles. The van der Waals surface area contributed by atoms with Crippen LogP contribution in [-0.4, -0.2) is 29.0 Å². The summed E-state index contributed by atoms with van der Waals surface area (Å²) in [5.41, 5.74) is 4.40. The Morgan fingerprint density at radius 3 is 2.68 bits per heavy atom. The van der Waals surface area contributed by atoms with E-state index in [0.29, 0.717) is 12.3 Å². The molecular formula is C20H22N2O2S. The fourth-order valence-corrected chi connectivity index (χ4v) is 3.72. The van der Waals surface area contributed by atoms with E-state index in [0.717, 1.165) is 30.0 Å². The molecule has 0 saturated carbocycles. The standard InChI is InChI=1S/C20H22N2O2S/c1-15(23)22-10-9-17-7-8-19(11-18(17)12-22)21-20(24)14-25-13-16-5-3-2-4-6-16/h2-8,11H,9-10,12-14H2,1H3,(H,21,24). The van der Waals surface area contributed by atoms with Crippen molar-refractivity contribution in [1.82, 2.24) is 4.90 Å². The van der Waals surface area contributed by atoms with Crippen molar-refractivity contribution < 1.29 is 9.59 Å². The van der Waals surface area contributed by atoms with Crippen LogP contribution in [0, 0.1) is 0 Å². The first-order chi connectivity index (χ1) is 12.1. The molecule has 1 aliphatic rings. The fraction of sp³-hybridized carbons (Fsp3) is 0.300. The lowest BCUT2D eigenvalue weighted by Gasteiger charge is -2.28. The number of nitrogens with zero attached hydrogens (tertiary/aromatic N) is 1. The minimum atomic E-state index is 0.000106. The summed E-state index contributed by atoms with van der Waals surface area (Å²) in [6.45, 7) is 2.99. The number of rotatable bonds is 5. The second-order valence-electron chi connectivity index (χ2n) is 6.20. The second-order valence-corrected chi connectivity index (χ2v) is 7.19. The highest BCUT2D eigenvalue weighted by Crippen LogP contribution is 2.23. The molecule has 5 heteroatoms. The molecule has 1 heterocycles. The fourth-order valence-electron chi connectivity index (χ4n) is 2.94. The van der Waals surface area contributed by atoms with E-state index in [1.54, 1.807) is 18.7 Å². The van der Waals surface area contributed by atoms with E-state index in [4.69, 9.17) is 0 Å². The Kier molecular flexibility index (Phi) is 5.76. The van der Waals surface area contributed by atoms with E-state index in [1.165, 1.54) is 11.1 Å². The molecule has 0 saturated heterocycles. The SMILES string of the molecule is CC(=O)N1CCc2ccc(NC(=O)CSCc3ccccc3)cc2C1. The number of carbonyl (C=O) groups excluding carboxylic acids is 2. The van der Waals surface area contributed by atoms with Crippen LogP contribution >= 0.6 is 11.8 Å². The van der Waals surface area contributed by atoms with Crippen LogP contribution in [0.4, 0.5) is 5.69 Å². The molecule has 0 unspecified atom stereocenters. The van der Waals surface area contributed by atoms with Crippen molar-refractivity contribution in [1.29, 1.82) is 0 Å². The number of nitrogens with one attached hydrogen (secondary N) is 1. The molecule has 0 radical (unpaired) electrons. The van der Waals surface area contributed by atoms with Crippen LogP contribution < -0.4 is 5.32 Å². The zero-order chi connectivity index (χ0) is 17.6. The van der Waals surface area contributed by atoms with Crippen LogP contribution in [0.5, 0.6) is 0 Å². The molecule has 0 spiro atoms. The van der Waals surface area contributed by atoms with Gasteiger partial charge in [0.2, 0.25) is 11.8 Å². The van der Waals surface area contributed by atoms with Crippen LogP contribution in [0.3, 0.4) is 0 Å². The van der Waals surface area contributed by atoms with Crippen molar-refractivity contribution in [3.63, 3.8) is 0 Å². The predicted molar refractivity (Wildman–Crippen MR) is 102 cm³/mol. The molecule has 2 aromatic carbocycles. The van der Waals surface area contributed by atoms with Gasteiger partial charge in [-0.05, 0) is 35.2 Å². The second kappa shape index (κ2) is 8.21. The van der Waals surface area contributed by atoms with Gasteiger partial charge in [-0.1, -0.05) is 36.4 Å². The first-order valence-electron chi connectivity index (χ1n) is 8.40. The Bertz CT molecular complexity index is 762. The number of benzene rings is 2. The third kappa shape index (κ3) is 4.86. The molecule has 2 aromatic rings. The highest BCUT2D eigenvalue weighted by atomic mass is 32.2. The summed E-state index contributed by atoms with van der Waals surface area (Å²) in [4.78, 5) is 25.5. The molecule has 25 heavy (non-hydrogen) atoms. The maximum atomic E-state index is 12.1. The summed E-state index contributed by atoms with van der Waals surface area (Å²) in [5.74, 6) is 1.34. The molecule has 0 fully saturated rings. The number of hydrogen-bond acceptors (Lipinski definition) is 3. The Balaban J connectivity index is 1.53. The number of carbonyl (C=O) groups is 2. The number of fused-ring (bicyclic) bond motifs is 1. The van der Waals surface area contributed by atoms with Crippen LogP contribution in [0.15, 0.2) is 48.5 Å². The van der Waals surface area contributed by atoms with Gasteiger partial charge in [0.05, 0.1) is 5.75 Å². The molecule has 0 atom stereocenters. The smallest absolute Gasteiger partial charge is 0.234 e. The van der Waals surface area contributed by atoms with E-state index >= 15 is 0 Å². The molecule has 1 aliphatic heterocycles. The average Bonchev–Trinajstić information content (AvgIpc) is 2.62. The maximum absolute atomic E-state index is 12.1. The van der Waals surface area contributed by atoms with Gasteiger partial charge in [-0.15, -0.1) is 11.8 Å². The van der Waals surface area contributed by atoms with E-state index in [1.807, 2.05) is 35.2 Å². The summed E-state index contributed by atoms with van der Waals surface area (Å²) in [7, 11) is 0. The first kappa shape index (κ1) is 17.5. The Morgan fingerprint density at radius 2 is 1.92 bits per heavy atom. The zero-order valence-corrected chi connectivity index (χ0v) is 15.1. The molecule has 4 nitrogen and oxygen atoms in total. The largest absolute Gasteiger partial charge is 0.338 e. The van der Waals surface area contributed by atoms with Crippen molar-refractivity contribution in [2.24, 2.45) is 0 Å². The maximum Gasteiger partial charge on any atom is 0.234 e. The summed E-state index contributed by atoms with van der Waals surface area (Å²) >= 11 is 1.60. The van der Waals surface area contributed by atoms with E-state index in [2.05, 4.69) is 23.5 Å². The van der Waals surface area contributed by atoms with Gasteiger partial charge in [0.25, 0.3) is 0 Å². The third-order valence-electron chi connectivity index (χ3n) is 4.29. The monoisotopic (exact) mass is 354 g/mol. The van der Waals surface area contributed by atoms with Gasteiger partial charge in [-0.3, -0.25) is 9.59 Å². The zero-order valence-electron chi connectivity index (χ0n) is 14.3. The van der Waals surface area contributed by atoms with Gasteiger partial charge in [0.1, 0.15) is 0 Å². The number of hydrogen-bond donors (Lipinski definition) is 1. The van der Waals surface area contributed by atoms with Gasteiger partial charge in [0.15, 0.2) is 0 Å². The van der Waals surface area contributed by atoms with Gasteiger partial charge in [0, 0.05) is 31.5 Å². The van der Waals surface area contributed by atoms with Crippen molar-refractivity contribution in [2.45, 2.75) is 25.6 Å². The lowest BCUT2D eigenvalue weighted by molar-refractivity contribution is -0.129. The van der Waals surface area contributed by atoms with Crippen molar-refractivity contribution in [3.05, 3.63) is 65.2 Å². The van der Waals surface area contributed by atoms with E-state index in [-0.39, 0.29) is 11.8 Å². The van der Waals surface area contributed by atoms with E-state index in [9.17, 15) is 9.59 Å². The van der Waals surface area contributed by atoms with Crippen LogP contribution in [0.25, 0.3) is 0 Å². The number of anilines is 1. The molecule has 0 bridgehead atoms. The first-order valence-corrected chi connectivity index (χ1v) is 9.56. The topological polar surface area (TPSA) is 49.4 Å². The Morgan fingerprint density at radius 1 is 1.12 bits per heavy atom. The van der Waals surface area contributed by atoms with Crippen molar-refractivity contribution in [3.8, 4) is 0 Å². The minimum Gasteiger partial charge on any atom is -0.338 e. The van der Waals surface area contributed by atoms with E-state index < -0.39 is 0 Å². The molecule has 2 amide bonds. The highest BCUT2D eigenvalue weighted by Gasteiger charge is 2.18. The quantitative estimate of drug-likeness (QED) is 0.894. The summed E-state index contributed by atoms with van der Waals surface area (Å²) in [6, 6.07) is 16.1. The van der Waals surface area contributed by atoms with Gasteiger partial charge < -0.3 is 10.2 Å².